The van der Waals surface area contributed by atoms with E-state index in [0.29, 0.717) is 23.3 Å². The molecule has 0 aromatic carbocycles. The van der Waals surface area contributed by atoms with E-state index < -0.39 is 0 Å². The predicted octanol–water partition coefficient (Wildman–Crippen LogP) is 1.95. The van der Waals surface area contributed by atoms with Crippen LogP contribution in [0.2, 0.25) is 0 Å². The highest BCUT2D eigenvalue weighted by atomic mass is 16.1. The summed E-state index contributed by atoms with van der Waals surface area (Å²) in [5.41, 5.74) is 0.757. The first-order valence-corrected chi connectivity index (χ1v) is 8.99. The Morgan fingerprint density at radius 1 is 1.13 bits per heavy atom. The van der Waals surface area contributed by atoms with E-state index in [1.807, 2.05) is 4.68 Å². The fraction of sp³-hybridized carbons (Fsp3) is 0.706. The van der Waals surface area contributed by atoms with Gasteiger partial charge in [-0.15, -0.1) is 0 Å². The normalized spacial score (nSPS) is 28.9. The molecule has 6 nitrogen and oxygen atoms in total. The van der Waals surface area contributed by atoms with E-state index in [1.54, 1.807) is 6.20 Å². The maximum absolute atomic E-state index is 12.5. The Morgan fingerprint density at radius 3 is 2.74 bits per heavy atom. The van der Waals surface area contributed by atoms with E-state index in [4.69, 9.17) is 4.98 Å². The largest absolute Gasteiger partial charge is 0.316 e. The van der Waals surface area contributed by atoms with Gasteiger partial charge in [-0.05, 0) is 44.1 Å². The average molecular weight is 313 g/mol. The van der Waals surface area contributed by atoms with Crippen molar-refractivity contribution in [2.45, 2.75) is 50.5 Å². The molecule has 3 aliphatic rings. The Labute approximate surface area is 134 Å². The maximum atomic E-state index is 12.5. The molecule has 0 amide bonds. The van der Waals surface area contributed by atoms with Gasteiger partial charge in [-0.1, -0.05) is 12.8 Å². The maximum Gasteiger partial charge on any atom is 0.262 e. The zero-order valence-corrected chi connectivity index (χ0v) is 13.3. The fourth-order valence-electron chi connectivity index (χ4n) is 4.56. The van der Waals surface area contributed by atoms with Gasteiger partial charge in [0.2, 0.25) is 0 Å². The van der Waals surface area contributed by atoms with Crippen LogP contribution in [-0.2, 0) is 0 Å². The van der Waals surface area contributed by atoms with Crippen molar-refractivity contribution in [3.63, 3.8) is 0 Å². The Kier molecular flexibility index (Phi) is 3.08. The van der Waals surface area contributed by atoms with Crippen molar-refractivity contribution in [3.8, 4) is 0 Å². The molecule has 23 heavy (non-hydrogen) atoms. The molecule has 0 unspecified atom stereocenters. The third-order valence-electron chi connectivity index (χ3n) is 5.99. The molecule has 5 rings (SSSR count). The van der Waals surface area contributed by atoms with E-state index in [0.717, 1.165) is 43.3 Å². The van der Waals surface area contributed by atoms with Crippen LogP contribution in [0.4, 0.5) is 0 Å². The van der Waals surface area contributed by atoms with Gasteiger partial charge < -0.3 is 10.3 Å². The number of aromatic nitrogens is 4. The van der Waals surface area contributed by atoms with Crippen LogP contribution in [0, 0.1) is 11.8 Å². The van der Waals surface area contributed by atoms with Crippen LogP contribution < -0.4 is 10.9 Å². The lowest BCUT2D eigenvalue weighted by Crippen LogP contribution is -2.21. The summed E-state index contributed by atoms with van der Waals surface area (Å²) in [6.07, 6.45) is 9.14. The summed E-state index contributed by atoms with van der Waals surface area (Å²) in [6, 6.07) is 0.413. The van der Waals surface area contributed by atoms with E-state index in [9.17, 15) is 4.79 Å². The lowest BCUT2D eigenvalue weighted by molar-refractivity contribution is 0.440. The summed E-state index contributed by atoms with van der Waals surface area (Å²) < 4.78 is 2.01. The summed E-state index contributed by atoms with van der Waals surface area (Å²) in [5.74, 6) is 2.64. The number of rotatable bonds is 3. The molecule has 1 saturated heterocycles. The Morgan fingerprint density at radius 2 is 1.96 bits per heavy atom. The molecule has 2 aromatic rings. The first kappa shape index (κ1) is 13.7. The van der Waals surface area contributed by atoms with Crippen LogP contribution in [0.15, 0.2) is 11.0 Å². The molecule has 0 spiro atoms. The lowest BCUT2D eigenvalue weighted by atomic mass is 9.91. The lowest BCUT2D eigenvalue weighted by Gasteiger charge is -2.17. The summed E-state index contributed by atoms with van der Waals surface area (Å²) in [4.78, 5) is 20.4. The minimum Gasteiger partial charge on any atom is -0.316 e. The zero-order valence-electron chi connectivity index (χ0n) is 13.3. The molecule has 2 aliphatic carbocycles. The van der Waals surface area contributed by atoms with Crippen molar-refractivity contribution in [1.29, 1.82) is 0 Å². The number of fused-ring (bicyclic) bond motifs is 1. The first-order chi connectivity index (χ1) is 11.3. The number of hydrogen-bond acceptors (Lipinski definition) is 4. The van der Waals surface area contributed by atoms with Crippen LogP contribution in [-0.4, -0.2) is 32.8 Å². The van der Waals surface area contributed by atoms with Crippen LogP contribution in [0.25, 0.3) is 11.0 Å². The first-order valence-electron chi connectivity index (χ1n) is 8.99. The molecule has 2 N–H and O–H groups in total. The SMILES string of the molecule is O=c1[nH]c([C@@H]2CNC[C@H]2C2CC2)nc2c1cnn2C1CCCC1. The second kappa shape index (κ2) is 5.16. The monoisotopic (exact) mass is 313 g/mol. The predicted molar refractivity (Wildman–Crippen MR) is 87.5 cm³/mol. The molecule has 1 aliphatic heterocycles. The molecule has 6 heteroatoms. The van der Waals surface area contributed by atoms with Crippen molar-refractivity contribution in [3.05, 3.63) is 22.4 Å². The number of nitrogens with one attached hydrogen (secondary N) is 2. The van der Waals surface area contributed by atoms with E-state index in [1.165, 1.54) is 25.7 Å². The molecular weight excluding hydrogens is 290 g/mol. The zero-order chi connectivity index (χ0) is 15.4. The van der Waals surface area contributed by atoms with Crippen molar-refractivity contribution in [2.24, 2.45) is 11.8 Å². The Bertz CT molecular complexity index is 784. The third kappa shape index (κ3) is 2.23. The molecule has 0 bridgehead atoms. The van der Waals surface area contributed by atoms with Crippen molar-refractivity contribution in [1.82, 2.24) is 25.1 Å². The van der Waals surface area contributed by atoms with E-state index in [2.05, 4.69) is 15.4 Å². The van der Waals surface area contributed by atoms with Gasteiger partial charge in [0.15, 0.2) is 5.65 Å². The van der Waals surface area contributed by atoms with Crippen LogP contribution >= 0.6 is 0 Å². The molecule has 2 atom stereocenters. The van der Waals surface area contributed by atoms with Crippen molar-refractivity contribution >= 4 is 11.0 Å². The molecule has 3 heterocycles. The van der Waals surface area contributed by atoms with Gasteiger partial charge in [-0.3, -0.25) is 4.79 Å². The minimum atomic E-state index is -0.0318. The summed E-state index contributed by atoms with van der Waals surface area (Å²) >= 11 is 0. The summed E-state index contributed by atoms with van der Waals surface area (Å²) in [7, 11) is 0. The topological polar surface area (TPSA) is 75.6 Å². The second-order valence-corrected chi connectivity index (χ2v) is 7.48. The molecular formula is C17H23N5O. The Balaban J connectivity index is 1.59. The number of nitrogens with zero attached hydrogens (tertiary/aromatic N) is 3. The van der Waals surface area contributed by atoms with Crippen LogP contribution in [0.1, 0.15) is 56.3 Å². The van der Waals surface area contributed by atoms with Gasteiger partial charge in [0.1, 0.15) is 11.2 Å². The van der Waals surface area contributed by atoms with Crippen LogP contribution in [0.3, 0.4) is 0 Å². The van der Waals surface area contributed by atoms with Gasteiger partial charge in [0, 0.05) is 12.5 Å². The highest BCUT2D eigenvalue weighted by Crippen LogP contribution is 2.44. The highest BCUT2D eigenvalue weighted by Gasteiger charge is 2.41. The molecule has 122 valence electrons. The second-order valence-electron chi connectivity index (χ2n) is 7.48. The molecule has 2 saturated carbocycles. The highest BCUT2D eigenvalue weighted by molar-refractivity contribution is 5.73. The average Bonchev–Trinajstić information content (AvgIpc) is 2.99. The molecule has 0 radical (unpaired) electrons. The minimum absolute atomic E-state index is 0.0318. The fourth-order valence-corrected chi connectivity index (χ4v) is 4.56. The Hall–Kier alpha value is -1.69. The number of aromatic amines is 1. The van der Waals surface area contributed by atoms with Gasteiger partial charge >= 0.3 is 0 Å². The van der Waals surface area contributed by atoms with Crippen molar-refractivity contribution < 1.29 is 0 Å². The molecule has 2 aromatic heterocycles. The standard InChI is InChI=1S/C17H23N5O/c23-17-14-9-19-22(11-3-1-2-4-11)16(14)20-15(21-17)13-8-18-7-12(13)10-5-6-10/h9-13,18H,1-8H2,(H,20,21,23)/t12-,13+/m0/s1. The van der Waals surface area contributed by atoms with Gasteiger partial charge in [0.25, 0.3) is 5.56 Å². The van der Waals surface area contributed by atoms with E-state index >= 15 is 0 Å². The van der Waals surface area contributed by atoms with Crippen LogP contribution in [0.5, 0.6) is 0 Å². The number of hydrogen-bond donors (Lipinski definition) is 2. The summed E-state index contributed by atoms with van der Waals surface area (Å²) in [5, 5.41) is 8.61. The third-order valence-corrected chi connectivity index (χ3v) is 5.99. The quantitative estimate of drug-likeness (QED) is 0.908. The van der Waals surface area contributed by atoms with Gasteiger partial charge in [0.05, 0.1) is 12.2 Å². The van der Waals surface area contributed by atoms with E-state index in [-0.39, 0.29) is 5.56 Å². The van der Waals surface area contributed by atoms with Crippen molar-refractivity contribution in [2.75, 3.05) is 13.1 Å². The smallest absolute Gasteiger partial charge is 0.262 e. The summed E-state index contributed by atoms with van der Waals surface area (Å²) in [6.45, 7) is 1.98. The van der Waals surface area contributed by atoms with Gasteiger partial charge in [-0.25, -0.2) is 9.67 Å². The van der Waals surface area contributed by atoms with Gasteiger partial charge in [-0.2, -0.15) is 5.10 Å². The molecule has 3 fully saturated rings. The number of H-pyrrole nitrogens is 1.